The Labute approximate surface area is 100 Å². The Hall–Kier alpha value is -1.14. The third-order valence-electron chi connectivity index (χ3n) is 2.86. The molecule has 1 aliphatic rings. The van der Waals surface area contributed by atoms with Crippen LogP contribution in [0.5, 0.6) is 0 Å². The van der Waals surface area contributed by atoms with Crippen molar-refractivity contribution in [3.63, 3.8) is 0 Å². The van der Waals surface area contributed by atoms with Crippen LogP contribution in [0.3, 0.4) is 0 Å². The molecule has 2 rings (SSSR count). The van der Waals surface area contributed by atoms with Crippen LogP contribution in [-0.4, -0.2) is 33.3 Å². The number of anilines is 1. The summed E-state index contributed by atoms with van der Waals surface area (Å²) in [6.07, 6.45) is 0. The fourth-order valence-corrected chi connectivity index (χ4v) is 3.38. The fourth-order valence-electron chi connectivity index (χ4n) is 1.85. The van der Waals surface area contributed by atoms with E-state index in [0.29, 0.717) is 13.1 Å². The molecule has 1 aliphatic heterocycles. The van der Waals surface area contributed by atoms with E-state index < -0.39 is 21.1 Å². The van der Waals surface area contributed by atoms with E-state index in [-0.39, 0.29) is 12.2 Å². The monoisotopic (exact) mass is 258 g/mol. The third kappa shape index (κ3) is 2.28. The van der Waals surface area contributed by atoms with Crippen molar-refractivity contribution in [2.75, 3.05) is 23.9 Å². The zero-order valence-corrected chi connectivity index (χ0v) is 10.4. The highest BCUT2D eigenvalue weighted by Gasteiger charge is 2.32. The first-order valence-corrected chi connectivity index (χ1v) is 7.00. The molecule has 17 heavy (non-hydrogen) atoms. The molecular weight excluding hydrogens is 243 g/mol. The highest BCUT2D eigenvalue weighted by Crippen LogP contribution is 2.24. The van der Waals surface area contributed by atoms with Crippen LogP contribution in [-0.2, 0) is 10.0 Å². The lowest BCUT2D eigenvalue weighted by atomic mass is 10.3. The van der Waals surface area contributed by atoms with Gasteiger partial charge >= 0.3 is 0 Å². The second-order valence-corrected chi connectivity index (χ2v) is 6.36. The predicted molar refractivity (Wildman–Crippen MR) is 65.0 cm³/mol. The zero-order chi connectivity index (χ0) is 12.5. The summed E-state index contributed by atoms with van der Waals surface area (Å²) in [6.45, 7) is 2.81. The van der Waals surface area contributed by atoms with Crippen molar-refractivity contribution in [1.82, 2.24) is 5.32 Å². The topological polar surface area (TPSA) is 49.4 Å². The van der Waals surface area contributed by atoms with E-state index in [2.05, 4.69) is 5.32 Å². The Kier molecular flexibility index (Phi) is 3.35. The molecule has 1 aromatic rings. The van der Waals surface area contributed by atoms with Gasteiger partial charge in [-0.1, -0.05) is 12.1 Å². The standard InChI is InChI=1S/C11H15FN2O2S/c1-9-8-13-6-7-14(17(9,15)16)11-5-3-2-4-10(11)12/h2-5,9,13H,6-8H2,1H3. The maximum absolute atomic E-state index is 13.7. The van der Waals surface area contributed by atoms with E-state index >= 15 is 0 Å². The van der Waals surface area contributed by atoms with E-state index in [1.807, 2.05) is 0 Å². The van der Waals surface area contributed by atoms with Crippen molar-refractivity contribution in [1.29, 1.82) is 0 Å². The van der Waals surface area contributed by atoms with Gasteiger partial charge in [-0.15, -0.1) is 0 Å². The number of hydrogen-bond acceptors (Lipinski definition) is 3. The maximum atomic E-state index is 13.7. The SMILES string of the molecule is CC1CNCCN(c2ccccc2F)S1(=O)=O. The van der Waals surface area contributed by atoms with Crippen LogP contribution in [0, 0.1) is 5.82 Å². The van der Waals surface area contributed by atoms with Crippen LogP contribution in [0.25, 0.3) is 0 Å². The summed E-state index contributed by atoms with van der Waals surface area (Å²) in [5.74, 6) is -0.509. The van der Waals surface area contributed by atoms with E-state index in [1.54, 1.807) is 19.1 Å². The van der Waals surface area contributed by atoms with Gasteiger partial charge in [-0.3, -0.25) is 4.31 Å². The molecule has 1 saturated heterocycles. The molecule has 0 amide bonds. The Morgan fingerprint density at radius 2 is 2.12 bits per heavy atom. The second-order valence-electron chi connectivity index (χ2n) is 4.08. The van der Waals surface area contributed by atoms with Gasteiger partial charge in [0.2, 0.25) is 10.0 Å². The van der Waals surface area contributed by atoms with Gasteiger partial charge in [0.15, 0.2) is 0 Å². The number of para-hydroxylation sites is 1. The number of sulfonamides is 1. The van der Waals surface area contributed by atoms with Crippen molar-refractivity contribution >= 4 is 15.7 Å². The number of benzene rings is 1. The minimum absolute atomic E-state index is 0.128. The molecule has 1 heterocycles. The molecule has 94 valence electrons. The number of rotatable bonds is 1. The predicted octanol–water partition coefficient (Wildman–Crippen LogP) is 0.954. The summed E-state index contributed by atoms with van der Waals surface area (Å²) in [5, 5.41) is 2.48. The van der Waals surface area contributed by atoms with Gasteiger partial charge in [0, 0.05) is 19.6 Å². The summed E-state index contributed by atoms with van der Waals surface area (Å²) < 4.78 is 39.2. The van der Waals surface area contributed by atoms with E-state index in [4.69, 9.17) is 0 Å². The lowest BCUT2D eigenvalue weighted by Gasteiger charge is -2.24. The van der Waals surface area contributed by atoms with Crippen LogP contribution in [0.15, 0.2) is 24.3 Å². The Morgan fingerprint density at radius 3 is 2.82 bits per heavy atom. The first kappa shape index (κ1) is 12.3. The van der Waals surface area contributed by atoms with E-state index in [9.17, 15) is 12.8 Å². The summed E-state index contributed by atoms with van der Waals surface area (Å²) >= 11 is 0. The molecule has 0 saturated carbocycles. The van der Waals surface area contributed by atoms with E-state index in [0.717, 1.165) is 4.31 Å². The van der Waals surface area contributed by atoms with Gasteiger partial charge in [-0.05, 0) is 19.1 Å². The highest BCUT2D eigenvalue weighted by atomic mass is 32.2. The molecule has 4 nitrogen and oxygen atoms in total. The average Bonchev–Trinajstić information content (AvgIpc) is 2.41. The number of nitrogens with zero attached hydrogens (tertiary/aromatic N) is 1. The molecule has 0 aliphatic carbocycles. The van der Waals surface area contributed by atoms with Gasteiger partial charge in [-0.2, -0.15) is 0 Å². The molecule has 1 N–H and O–H groups in total. The first-order valence-electron chi connectivity index (χ1n) is 5.50. The summed E-state index contributed by atoms with van der Waals surface area (Å²) in [7, 11) is -3.48. The van der Waals surface area contributed by atoms with Crippen molar-refractivity contribution < 1.29 is 12.8 Å². The first-order chi connectivity index (χ1) is 8.03. The normalized spacial score (nSPS) is 24.4. The molecule has 0 aromatic heterocycles. The van der Waals surface area contributed by atoms with Crippen LogP contribution < -0.4 is 9.62 Å². The number of halogens is 1. The number of hydrogen-bond donors (Lipinski definition) is 1. The molecule has 1 unspecified atom stereocenters. The second kappa shape index (κ2) is 4.62. The van der Waals surface area contributed by atoms with Gasteiger partial charge in [0.1, 0.15) is 5.82 Å². The van der Waals surface area contributed by atoms with Crippen molar-refractivity contribution in [3.8, 4) is 0 Å². The Balaban J connectivity index is 2.46. The fraction of sp³-hybridized carbons (Fsp3) is 0.455. The molecular formula is C11H15FN2O2S. The van der Waals surface area contributed by atoms with Gasteiger partial charge in [-0.25, -0.2) is 12.8 Å². The third-order valence-corrected chi connectivity index (χ3v) is 5.04. The summed E-state index contributed by atoms with van der Waals surface area (Å²) in [4.78, 5) is 0. The zero-order valence-electron chi connectivity index (χ0n) is 9.56. The van der Waals surface area contributed by atoms with Crippen molar-refractivity contribution in [3.05, 3.63) is 30.1 Å². The van der Waals surface area contributed by atoms with Crippen molar-refractivity contribution in [2.24, 2.45) is 0 Å². The number of nitrogens with one attached hydrogen (secondary N) is 1. The Morgan fingerprint density at radius 1 is 1.41 bits per heavy atom. The Bertz CT molecular complexity index is 504. The van der Waals surface area contributed by atoms with Gasteiger partial charge < -0.3 is 5.32 Å². The molecule has 1 atom stereocenters. The molecule has 0 radical (unpaired) electrons. The maximum Gasteiger partial charge on any atom is 0.239 e. The molecule has 6 heteroatoms. The van der Waals surface area contributed by atoms with Crippen LogP contribution in [0.1, 0.15) is 6.92 Å². The smallest absolute Gasteiger partial charge is 0.239 e. The molecule has 0 spiro atoms. The average molecular weight is 258 g/mol. The largest absolute Gasteiger partial charge is 0.314 e. The highest BCUT2D eigenvalue weighted by molar-refractivity contribution is 7.93. The molecule has 1 aromatic carbocycles. The molecule has 1 fully saturated rings. The van der Waals surface area contributed by atoms with Gasteiger partial charge in [0.25, 0.3) is 0 Å². The minimum Gasteiger partial charge on any atom is -0.314 e. The quantitative estimate of drug-likeness (QED) is 0.816. The van der Waals surface area contributed by atoms with Crippen molar-refractivity contribution in [2.45, 2.75) is 12.2 Å². The lowest BCUT2D eigenvalue weighted by Crippen LogP contribution is -2.38. The van der Waals surface area contributed by atoms with Crippen LogP contribution in [0.4, 0.5) is 10.1 Å². The summed E-state index contributed by atoms with van der Waals surface area (Å²) in [5.41, 5.74) is 0.128. The van der Waals surface area contributed by atoms with Crippen LogP contribution in [0.2, 0.25) is 0 Å². The van der Waals surface area contributed by atoms with Crippen LogP contribution >= 0.6 is 0 Å². The van der Waals surface area contributed by atoms with Gasteiger partial charge in [0.05, 0.1) is 10.9 Å². The molecule has 0 bridgehead atoms. The summed E-state index contributed by atoms with van der Waals surface area (Å²) in [6, 6.07) is 5.95. The lowest BCUT2D eigenvalue weighted by molar-refractivity contribution is 0.578. The minimum atomic E-state index is -3.48. The van der Waals surface area contributed by atoms with E-state index in [1.165, 1.54) is 12.1 Å².